The van der Waals surface area contributed by atoms with Gasteiger partial charge in [0.15, 0.2) is 0 Å². The van der Waals surface area contributed by atoms with Gasteiger partial charge in [0.25, 0.3) is 0 Å². The van der Waals surface area contributed by atoms with Gasteiger partial charge in [0.05, 0.1) is 27.0 Å². The van der Waals surface area contributed by atoms with Gasteiger partial charge < -0.3 is 25.6 Å². The Balaban J connectivity index is 0.000000170. The minimum absolute atomic E-state index is 0.0326. The third-order valence-corrected chi connectivity index (χ3v) is 13.1. The lowest BCUT2D eigenvalue weighted by Gasteiger charge is -2.30. The van der Waals surface area contributed by atoms with E-state index >= 15 is 0 Å². The Hall–Kier alpha value is -4.21. The third-order valence-electron chi connectivity index (χ3n) is 8.73. The van der Waals surface area contributed by atoms with Crippen molar-refractivity contribution in [1.82, 2.24) is 20.2 Å². The number of ether oxygens (including phenoxy) is 1. The van der Waals surface area contributed by atoms with Gasteiger partial charge in [-0.15, -0.1) is 45.3 Å². The number of benzene rings is 2. The normalized spacial score (nSPS) is 14.0. The molecule has 4 aromatic heterocycles. The van der Waals surface area contributed by atoms with Crippen LogP contribution in [-0.4, -0.2) is 51.5 Å². The molecule has 8 rings (SSSR count). The molecule has 0 saturated heterocycles. The second-order valence-electron chi connectivity index (χ2n) is 14.3. The Morgan fingerprint density at radius 1 is 0.774 bits per heavy atom. The maximum atomic E-state index is 12.5. The van der Waals surface area contributed by atoms with E-state index in [1.54, 1.807) is 45.8 Å². The van der Waals surface area contributed by atoms with E-state index in [1.807, 2.05) is 26.8 Å². The smallest absolute Gasteiger partial charge is 0.410 e. The maximum absolute atomic E-state index is 12.5. The van der Waals surface area contributed by atoms with E-state index in [0.717, 1.165) is 71.3 Å². The number of fused-ring (bicyclic) bond motifs is 4. The molecule has 14 heteroatoms. The van der Waals surface area contributed by atoms with Crippen molar-refractivity contribution >= 4 is 93.7 Å². The number of rotatable bonds is 4. The highest BCUT2D eigenvalue weighted by molar-refractivity contribution is 7.23. The fourth-order valence-corrected chi connectivity index (χ4v) is 11.4. The number of nitrogens with zero attached hydrogens (tertiary/aromatic N) is 3. The molecule has 0 aliphatic carbocycles. The lowest BCUT2D eigenvalue weighted by Crippen LogP contribution is -2.39. The summed E-state index contributed by atoms with van der Waals surface area (Å²) >= 11 is 6.54. The number of hydrogen-bond acceptors (Lipinski definition) is 11. The number of thiophene rings is 2. The molecule has 276 valence electrons. The fraction of sp³-hybridized carbons (Fsp3) is 0.359. The molecule has 0 fully saturated rings. The molecule has 2 aliphatic rings. The highest BCUT2D eigenvalue weighted by Gasteiger charge is 2.31. The van der Waals surface area contributed by atoms with Crippen LogP contribution in [0.1, 0.15) is 66.6 Å². The van der Waals surface area contributed by atoms with Crippen molar-refractivity contribution in [1.29, 1.82) is 0 Å². The van der Waals surface area contributed by atoms with Gasteiger partial charge in [0.2, 0.25) is 11.8 Å². The topological polar surface area (TPSA) is 126 Å². The van der Waals surface area contributed by atoms with Crippen LogP contribution in [0, 0.1) is 13.8 Å². The van der Waals surface area contributed by atoms with Crippen LogP contribution in [0.5, 0.6) is 0 Å². The third kappa shape index (κ3) is 8.16. The molecule has 0 radical (unpaired) electrons. The number of hydrogen-bond donors (Lipinski definition) is 3. The average Bonchev–Trinajstić information content (AvgIpc) is 3.84. The van der Waals surface area contributed by atoms with Crippen molar-refractivity contribution in [3.63, 3.8) is 0 Å². The molecule has 0 atom stereocenters. The highest BCUT2D eigenvalue weighted by Crippen LogP contribution is 2.47. The number of anilines is 2. The molecule has 0 saturated carbocycles. The number of aryl methyl sites for hydroxylation is 2. The van der Waals surface area contributed by atoms with Gasteiger partial charge in [-0.2, -0.15) is 0 Å². The summed E-state index contributed by atoms with van der Waals surface area (Å²) in [6.45, 7) is 15.7. The molecule has 53 heavy (non-hydrogen) atoms. The number of nitrogens with one attached hydrogen (secondary N) is 3. The monoisotopic (exact) mass is 786 g/mol. The van der Waals surface area contributed by atoms with Crippen molar-refractivity contribution in [3.8, 4) is 21.1 Å². The molecule has 10 nitrogen and oxygen atoms in total. The lowest BCUT2D eigenvalue weighted by molar-refractivity contribution is -0.115. The quantitative estimate of drug-likeness (QED) is 0.163. The van der Waals surface area contributed by atoms with E-state index in [9.17, 15) is 14.4 Å². The zero-order valence-electron chi connectivity index (χ0n) is 30.8. The van der Waals surface area contributed by atoms with Crippen LogP contribution in [0.2, 0.25) is 0 Å². The first-order valence-electron chi connectivity index (χ1n) is 17.5. The van der Waals surface area contributed by atoms with Crippen LogP contribution in [0.3, 0.4) is 0 Å². The predicted molar refractivity (Wildman–Crippen MR) is 220 cm³/mol. The second kappa shape index (κ2) is 14.9. The molecule has 0 unspecified atom stereocenters. The van der Waals surface area contributed by atoms with Gasteiger partial charge in [-0.1, -0.05) is 12.1 Å². The molecule has 3 N–H and O–H groups in total. The van der Waals surface area contributed by atoms with Gasteiger partial charge in [0.1, 0.15) is 25.6 Å². The molecule has 0 bridgehead atoms. The van der Waals surface area contributed by atoms with Crippen LogP contribution in [0.25, 0.3) is 41.6 Å². The van der Waals surface area contributed by atoms with Crippen LogP contribution in [-0.2, 0) is 40.3 Å². The summed E-state index contributed by atoms with van der Waals surface area (Å²) in [5.41, 5.74) is 8.52. The highest BCUT2D eigenvalue weighted by atomic mass is 32.1. The lowest BCUT2D eigenvalue weighted by atomic mass is 10.0. The van der Waals surface area contributed by atoms with Crippen molar-refractivity contribution in [3.05, 3.63) is 68.4 Å². The molecule has 0 spiro atoms. The number of aromatic nitrogens is 2. The molecular formula is C39H42N6O4S4. The fourth-order valence-electron chi connectivity index (χ4n) is 6.45. The first-order valence-corrected chi connectivity index (χ1v) is 20.8. The maximum Gasteiger partial charge on any atom is 0.410 e. The summed E-state index contributed by atoms with van der Waals surface area (Å²) in [5.74, 6) is -0.148. The Bertz CT molecular complexity index is 2380. The molecular weight excluding hydrogens is 745 g/mol. The first kappa shape index (κ1) is 37.1. The minimum atomic E-state index is -0.529. The number of carbonyl (C=O) groups excluding carboxylic acids is 3. The Kier molecular flexibility index (Phi) is 10.4. The largest absolute Gasteiger partial charge is 0.444 e. The first-order chi connectivity index (χ1) is 25.2. The standard InChI is InChI=1S/C22H25N3O3S2.C17H17N3OS2/c1-12-6-7-15-16(10-12)29-20(24-15)18-14-8-9-25(21(27)28-22(3,4)5)11-17(14)30-19(18)23-13(2)26;1-9-3-4-12-13(7-9)22-17(20-12)15-11-5-6-18-8-14(11)23-16(15)19-10(2)21/h6-7,10H,8-9,11H2,1-5H3,(H,23,26);3-4,7,18H,5-6,8H2,1-2H3,(H,19,21). The minimum Gasteiger partial charge on any atom is -0.444 e. The summed E-state index contributed by atoms with van der Waals surface area (Å²) in [7, 11) is 0. The van der Waals surface area contributed by atoms with E-state index in [4.69, 9.17) is 14.7 Å². The predicted octanol–water partition coefficient (Wildman–Crippen LogP) is 9.52. The van der Waals surface area contributed by atoms with Crippen LogP contribution < -0.4 is 16.0 Å². The number of thiazole rings is 2. The Morgan fingerprint density at radius 2 is 1.30 bits per heavy atom. The molecule has 3 amide bonds. The SMILES string of the molecule is CC(=O)Nc1sc2c(c1-c1nc3ccc(C)cc3s1)CCN(C(=O)OC(C)(C)C)C2.CC(=O)Nc1sc2c(c1-c1nc3ccc(C)cc3s1)CCNC2. The number of amides is 3. The van der Waals surface area contributed by atoms with E-state index in [0.29, 0.717) is 19.5 Å². The van der Waals surface area contributed by atoms with E-state index in [-0.39, 0.29) is 17.9 Å². The van der Waals surface area contributed by atoms with Crippen molar-refractivity contribution in [2.75, 3.05) is 23.7 Å². The molecule has 6 heterocycles. The summed E-state index contributed by atoms with van der Waals surface area (Å²) in [4.78, 5) is 49.8. The Morgan fingerprint density at radius 3 is 1.83 bits per heavy atom. The molecule has 6 aromatic rings. The van der Waals surface area contributed by atoms with Gasteiger partial charge in [-0.05, 0) is 101 Å². The van der Waals surface area contributed by atoms with Crippen LogP contribution in [0.15, 0.2) is 36.4 Å². The zero-order valence-corrected chi connectivity index (χ0v) is 34.1. The number of carbonyl (C=O) groups is 3. The van der Waals surface area contributed by atoms with Gasteiger partial charge in [-0.3, -0.25) is 9.59 Å². The average molecular weight is 787 g/mol. The van der Waals surface area contributed by atoms with Crippen molar-refractivity contribution in [2.24, 2.45) is 0 Å². The van der Waals surface area contributed by atoms with Crippen LogP contribution in [0.4, 0.5) is 14.8 Å². The molecule has 2 aromatic carbocycles. The van der Waals surface area contributed by atoms with Crippen molar-refractivity contribution < 1.29 is 19.1 Å². The van der Waals surface area contributed by atoms with E-state index < -0.39 is 5.60 Å². The Labute approximate surface area is 324 Å². The summed E-state index contributed by atoms with van der Waals surface area (Å²) in [6, 6.07) is 12.6. The van der Waals surface area contributed by atoms with E-state index in [2.05, 4.69) is 60.1 Å². The zero-order chi connectivity index (χ0) is 37.6. The van der Waals surface area contributed by atoms with Crippen LogP contribution >= 0.6 is 45.3 Å². The second-order valence-corrected chi connectivity index (χ2v) is 18.6. The summed E-state index contributed by atoms with van der Waals surface area (Å²) < 4.78 is 7.87. The van der Waals surface area contributed by atoms with E-state index in [1.165, 1.54) is 50.1 Å². The van der Waals surface area contributed by atoms with Gasteiger partial charge >= 0.3 is 6.09 Å². The summed E-state index contributed by atoms with van der Waals surface area (Å²) in [6.07, 6.45) is 1.38. The summed E-state index contributed by atoms with van der Waals surface area (Å²) in [5, 5.41) is 13.0. The molecule has 2 aliphatic heterocycles. The van der Waals surface area contributed by atoms with Crippen molar-refractivity contribution in [2.45, 2.75) is 80.0 Å². The van der Waals surface area contributed by atoms with Gasteiger partial charge in [-0.25, -0.2) is 14.8 Å². The van der Waals surface area contributed by atoms with Gasteiger partial charge in [0, 0.05) is 47.8 Å².